The summed E-state index contributed by atoms with van der Waals surface area (Å²) in [5.41, 5.74) is 3.54. The van der Waals surface area contributed by atoms with Crippen LogP contribution in [0.5, 0.6) is 5.75 Å². The van der Waals surface area contributed by atoms with E-state index in [0.29, 0.717) is 26.4 Å². The molecule has 0 N–H and O–H groups in total. The summed E-state index contributed by atoms with van der Waals surface area (Å²) < 4.78 is 18.8. The molecule has 0 radical (unpaired) electrons. The second kappa shape index (κ2) is 8.91. The molecule has 1 heterocycles. The number of benzene rings is 3. The first-order chi connectivity index (χ1) is 13.9. The predicted octanol–water partition coefficient (Wildman–Crippen LogP) is 5.22. The van der Waals surface area contributed by atoms with E-state index in [1.807, 2.05) is 19.1 Å². The molecule has 3 aromatic carbocycles. The van der Waals surface area contributed by atoms with Gasteiger partial charge in [-0.05, 0) is 43.3 Å². The van der Waals surface area contributed by atoms with Crippen molar-refractivity contribution in [2.24, 2.45) is 0 Å². The van der Waals surface area contributed by atoms with E-state index in [4.69, 9.17) is 14.2 Å². The van der Waals surface area contributed by atoms with Crippen LogP contribution in [0.25, 0.3) is 27.5 Å². The molecule has 0 unspecified atom stereocenters. The fraction of sp³-hybridized carbons (Fsp3) is 0.250. The normalized spacial score (nSPS) is 11.3. The molecule has 28 heavy (non-hydrogen) atoms. The van der Waals surface area contributed by atoms with Gasteiger partial charge in [0.05, 0.1) is 30.9 Å². The number of para-hydroxylation sites is 2. The number of ether oxygens (including phenoxy) is 3. The molecule has 4 nitrogen and oxygen atoms in total. The standard InChI is InChI=1S/C24H25NO3/c1-2-26-15-16-27-17-18-28-20-13-11-19(12-14-20)25-23-9-5-3-7-21(23)22-8-4-6-10-24(22)25/h3-14H,2,15-18H2,1H3. The molecule has 0 saturated heterocycles. The van der Waals surface area contributed by atoms with Crippen LogP contribution in [0, 0.1) is 0 Å². The first kappa shape index (κ1) is 18.5. The van der Waals surface area contributed by atoms with Gasteiger partial charge in [0.1, 0.15) is 12.4 Å². The van der Waals surface area contributed by atoms with Crippen LogP contribution in [0.2, 0.25) is 0 Å². The van der Waals surface area contributed by atoms with Crippen LogP contribution in [0.4, 0.5) is 0 Å². The highest BCUT2D eigenvalue weighted by Gasteiger charge is 2.11. The minimum atomic E-state index is 0.529. The second-order valence-corrected chi connectivity index (χ2v) is 6.52. The molecule has 0 spiro atoms. The highest BCUT2D eigenvalue weighted by atomic mass is 16.5. The van der Waals surface area contributed by atoms with Gasteiger partial charge in [-0.15, -0.1) is 0 Å². The Kier molecular flexibility index (Phi) is 5.90. The van der Waals surface area contributed by atoms with E-state index in [1.54, 1.807) is 0 Å². The first-order valence-electron chi connectivity index (χ1n) is 9.75. The summed E-state index contributed by atoms with van der Waals surface area (Å²) in [7, 11) is 0. The average Bonchev–Trinajstić information content (AvgIpc) is 3.08. The predicted molar refractivity (Wildman–Crippen MR) is 114 cm³/mol. The molecule has 4 rings (SSSR count). The van der Waals surface area contributed by atoms with Gasteiger partial charge in [-0.25, -0.2) is 0 Å². The minimum absolute atomic E-state index is 0.529. The Hall–Kier alpha value is -2.82. The van der Waals surface area contributed by atoms with Crippen molar-refractivity contribution in [3.8, 4) is 11.4 Å². The lowest BCUT2D eigenvalue weighted by atomic mass is 10.2. The Morgan fingerprint density at radius 1 is 0.643 bits per heavy atom. The molecule has 0 aliphatic carbocycles. The fourth-order valence-electron chi connectivity index (χ4n) is 3.47. The zero-order valence-electron chi connectivity index (χ0n) is 16.1. The molecule has 4 aromatic rings. The van der Waals surface area contributed by atoms with E-state index in [1.165, 1.54) is 21.8 Å². The van der Waals surface area contributed by atoms with E-state index in [-0.39, 0.29) is 0 Å². The molecule has 0 aliphatic heterocycles. The Bertz CT molecular complexity index is 984. The topological polar surface area (TPSA) is 32.6 Å². The minimum Gasteiger partial charge on any atom is -0.491 e. The molecule has 0 aliphatic rings. The van der Waals surface area contributed by atoms with Gasteiger partial charge < -0.3 is 18.8 Å². The van der Waals surface area contributed by atoms with Crippen LogP contribution in [0.15, 0.2) is 72.8 Å². The molecule has 4 heteroatoms. The van der Waals surface area contributed by atoms with Crippen molar-refractivity contribution < 1.29 is 14.2 Å². The van der Waals surface area contributed by atoms with Gasteiger partial charge in [0.15, 0.2) is 0 Å². The van der Waals surface area contributed by atoms with Crippen molar-refractivity contribution >= 4 is 21.8 Å². The van der Waals surface area contributed by atoms with Crippen molar-refractivity contribution in [1.29, 1.82) is 0 Å². The maximum Gasteiger partial charge on any atom is 0.119 e. The van der Waals surface area contributed by atoms with Crippen molar-refractivity contribution in [2.75, 3.05) is 33.0 Å². The summed E-state index contributed by atoms with van der Waals surface area (Å²) in [5.74, 6) is 0.845. The molecule has 0 bridgehead atoms. The lowest BCUT2D eigenvalue weighted by Gasteiger charge is -2.10. The summed E-state index contributed by atoms with van der Waals surface area (Å²) in [6.45, 7) is 5.01. The van der Waals surface area contributed by atoms with E-state index in [2.05, 4.69) is 65.2 Å². The summed E-state index contributed by atoms with van der Waals surface area (Å²) in [6, 6.07) is 25.3. The third-order valence-corrected chi connectivity index (χ3v) is 4.75. The highest BCUT2D eigenvalue weighted by molar-refractivity contribution is 6.09. The van der Waals surface area contributed by atoms with Crippen molar-refractivity contribution in [3.05, 3.63) is 72.8 Å². The molecule has 0 amide bonds. The second-order valence-electron chi connectivity index (χ2n) is 6.52. The largest absolute Gasteiger partial charge is 0.491 e. The number of fused-ring (bicyclic) bond motifs is 3. The Morgan fingerprint density at radius 2 is 1.21 bits per heavy atom. The van der Waals surface area contributed by atoms with E-state index >= 15 is 0 Å². The Balaban J connectivity index is 1.48. The van der Waals surface area contributed by atoms with E-state index < -0.39 is 0 Å². The van der Waals surface area contributed by atoms with Gasteiger partial charge in [-0.2, -0.15) is 0 Å². The summed E-state index contributed by atoms with van der Waals surface area (Å²) in [5, 5.41) is 2.53. The lowest BCUT2D eigenvalue weighted by Crippen LogP contribution is -2.10. The maximum atomic E-state index is 5.78. The zero-order valence-corrected chi connectivity index (χ0v) is 16.1. The van der Waals surface area contributed by atoms with E-state index in [0.717, 1.165) is 18.0 Å². The zero-order chi connectivity index (χ0) is 19.2. The summed E-state index contributed by atoms with van der Waals surface area (Å²) in [6.07, 6.45) is 0. The van der Waals surface area contributed by atoms with Crippen LogP contribution < -0.4 is 4.74 Å². The van der Waals surface area contributed by atoms with Gasteiger partial charge in [0, 0.05) is 23.1 Å². The summed E-state index contributed by atoms with van der Waals surface area (Å²) >= 11 is 0. The smallest absolute Gasteiger partial charge is 0.119 e. The third-order valence-electron chi connectivity index (χ3n) is 4.75. The summed E-state index contributed by atoms with van der Waals surface area (Å²) in [4.78, 5) is 0. The van der Waals surface area contributed by atoms with Crippen molar-refractivity contribution in [3.63, 3.8) is 0 Å². The Morgan fingerprint density at radius 3 is 1.86 bits per heavy atom. The number of nitrogens with zero attached hydrogens (tertiary/aromatic N) is 1. The SMILES string of the molecule is CCOCCOCCOc1ccc(-n2c3ccccc3c3ccccc32)cc1. The number of aromatic nitrogens is 1. The quantitative estimate of drug-likeness (QED) is 0.376. The average molecular weight is 375 g/mol. The van der Waals surface area contributed by atoms with Crippen LogP contribution >= 0.6 is 0 Å². The molecular formula is C24H25NO3. The van der Waals surface area contributed by atoms with Crippen LogP contribution in [0.1, 0.15) is 6.92 Å². The van der Waals surface area contributed by atoms with Gasteiger partial charge in [-0.3, -0.25) is 0 Å². The maximum absolute atomic E-state index is 5.78. The van der Waals surface area contributed by atoms with Crippen LogP contribution in [-0.4, -0.2) is 37.6 Å². The third kappa shape index (κ3) is 3.88. The van der Waals surface area contributed by atoms with Crippen molar-refractivity contribution in [1.82, 2.24) is 4.57 Å². The molecule has 0 fully saturated rings. The fourth-order valence-corrected chi connectivity index (χ4v) is 3.47. The van der Waals surface area contributed by atoms with Gasteiger partial charge in [0.2, 0.25) is 0 Å². The van der Waals surface area contributed by atoms with Gasteiger partial charge >= 0.3 is 0 Å². The molecule has 1 aromatic heterocycles. The number of rotatable bonds is 9. The van der Waals surface area contributed by atoms with Gasteiger partial charge in [-0.1, -0.05) is 36.4 Å². The lowest BCUT2D eigenvalue weighted by molar-refractivity contribution is 0.0405. The van der Waals surface area contributed by atoms with Crippen LogP contribution in [-0.2, 0) is 9.47 Å². The highest BCUT2D eigenvalue weighted by Crippen LogP contribution is 2.32. The number of hydrogen-bond donors (Lipinski definition) is 0. The number of hydrogen-bond acceptors (Lipinski definition) is 3. The molecule has 144 valence electrons. The monoisotopic (exact) mass is 375 g/mol. The molecular weight excluding hydrogens is 350 g/mol. The van der Waals surface area contributed by atoms with Crippen molar-refractivity contribution in [2.45, 2.75) is 6.92 Å². The van der Waals surface area contributed by atoms with E-state index in [9.17, 15) is 0 Å². The first-order valence-corrected chi connectivity index (χ1v) is 9.75. The van der Waals surface area contributed by atoms with Crippen LogP contribution in [0.3, 0.4) is 0 Å². The Labute approximate surface area is 165 Å². The van der Waals surface area contributed by atoms with Gasteiger partial charge in [0.25, 0.3) is 0 Å². The molecule has 0 atom stereocenters. The molecule has 0 saturated carbocycles.